The van der Waals surface area contributed by atoms with E-state index in [4.69, 9.17) is 0 Å². The van der Waals surface area contributed by atoms with E-state index in [0.29, 0.717) is 11.8 Å². The number of hydrogen-bond acceptors (Lipinski definition) is 3. The van der Waals surface area contributed by atoms with Crippen LogP contribution in [-0.4, -0.2) is 28.3 Å². The average molecular weight is 374 g/mol. The largest absolute Gasteiger partial charge is 0.387 e. The van der Waals surface area contributed by atoms with Gasteiger partial charge in [-0.05, 0) is 54.7 Å². The molecule has 5 heteroatoms. The minimum atomic E-state index is -0.589. The van der Waals surface area contributed by atoms with Crippen LogP contribution in [0, 0.1) is 5.82 Å². The molecule has 1 saturated carbocycles. The van der Waals surface area contributed by atoms with Crippen LogP contribution in [-0.2, 0) is 6.42 Å². The number of benzene rings is 1. The van der Waals surface area contributed by atoms with E-state index in [1.54, 1.807) is 0 Å². The first-order valence-corrected chi connectivity index (χ1v) is 9.43. The van der Waals surface area contributed by atoms with Crippen molar-refractivity contribution in [1.82, 2.24) is 5.32 Å². The monoisotopic (exact) mass is 373 g/mol. The number of rotatable bonds is 5. The molecular formula is C16H21BrFNOS. The molecule has 3 atom stereocenters. The average Bonchev–Trinajstić information content (AvgIpc) is 2.84. The molecular weight excluding hydrogens is 353 g/mol. The molecule has 0 amide bonds. The van der Waals surface area contributed by atoms with E-state index < -0.39 is 5.60 Å². The molecule has 1 aromatic rings. The van der Waals surface area contributed by atoms with E-state index in [0.717, 1.165) is 47.0 Å². The second-order valence-corrected chi connectivity index (χ2v) is 8.41. The molecule has 0 spiro atoms. The maximum Gasteiger partial charge on any atom is 0.127 e. The van der Waals surface area contributed by atoms with Crippen molar-refractivity contribution in [3.8, 4) is 0 Å². The highest BCUT2D eigenvalue weighted by molar-refractivity contribution is 9.10. The van der Waals surface area contributed by atoms with Crippen LogP contribution in [0.5, 0.6) is 0 Å². The predicted molar refractivity (Wildman–Crippen MR) is 89.3 cm³/mol. The fourth-order valence-corrected chi connectivity index (χ4v) is 5.04. The molecule has 0 aliphatic heterocycles. The molecule has 0 bridgehead atoms. The summed E-state index contributed by atoms with van der Waals surface area (Å²) in [6.07, 6.45) is 3.64. The molecule has 21 heavy (non-hydrogen) atoms. The molecule has 2 aliphatic carbocycles. The van der Waals surface area contributed by atoms with E-state index in [9.17, 15) is 9.50 Å². The summed E-state index contributed by atoms with van der Waals surface area (Å²) in [4.78, 5) is 0. The van der Waals surface area contributed by atoms with Crippen LogP contribution in [0.2, 0.25) is 0 Å². The summed E-state index contributed by atoms with van der Waals surface area (Å²) in [5.41, 5.74) is 1.29. The van der Waals surface area contributed by atoms with Gasteiger partial charge in [-0.1, -0.05) is 22.9 Å². The zero-order valence-electron chi connectivity index (χ0n) is 12.2. The maximum absolute atomic E-state index is 13.9. The van der Waals surface area contributed by atoms with Gasteiger partial charge in [-0.2, -0.15) is 11.8 Å². The predicted octanol–water partition coefficient (Wildman–Crippen LogP) is 3.81. The van der Waals surface area contributed by atoms with Crippen molar-refractivity contribution >= 4 is 27.7 Å². The van der Waals surface area contributed by atoms with Gasteiger partial charge in [-0.25, -0.2) is 4.39 Å². The van der Waals surface area contributed by atoms with Gasteiger partial charge in [0.2, 0.25) is 0 Å². The van der Waals surface area contributed by atoms with Crippen molar-refractivity contribution in [2.24, 2.45) is 0 Å². The Morgan fingerprint density at radius 2 is 2.29 bits per heavy atom. The Balaban J connectivity index is 1.66. The van der Waals surface area contributed by atoms with Gasteiger partial charge in [0, 0.05) is 22.3 Å². The standard InChI is InChI=1S/C16H21BrFNOS/c1-2-21-15-5-6-16(15,20)9-19-14-4-3-11-12(14)7-10(17)8-13(11)18/h7-8,14-15,19-20H,2-6,9H2,1H3/t14-,15-,16-/m1/s1. The number of hydrogen-bond donors (Lipinski definition) is 2. The highest BCUT2D eigenvalue weighted by Gasteiger charge is 2.45. The summed E-state index contributed by atoms with van der Waals surface area (Å²) in [5.74, 6) is 0.919. The van der Waals surface area contributed by atoms with E-state index in [2.05, 4.69) is 28.2 Å². The minimum absolute atomic E-state index is 0.120. The highest BCUT2D eigenvalue weighted by atomic mass is 79.9. The van der Waals surface area contributed by atoms with Crippen LogP contribution < -0.4 is 5.32 Å². The van der Waals surface area contributed by atoms with Crippen molar-refractivity contribution in [1.29, 1.82) is 0 Å². The number of thioether (sulfide) groups is 1. The number of nitrogens with one attached hydrogen (secondary N) is 1. The lowest BCUT2D eigenvalue weighted by atomic mass is 9.79. The van der Waals surface area contributed by atoms with E-state index in [1.807, 2.05) is 17.8 Å². The molecule has 0 saturated heterocycles. The van der Waals surface area contributed by atoms with Crippen molar-refractivity contribution in [3.05, 3.63) is 33.5 Å². The smallest absolute Gasteiger partial charge is 0.127 e. The Bertz CT molecular complexity index is 541. The first-order valence-electron chi connectivity index (χ1n) is 7.58. The fourth-order valence-electron chi connectivity index (χ4n) is 3.39. The molecule has 3 rings (SSSR count). The van der Waals surface area contributed by atoms with Gasteiger partial charge >= 0.3 is 0 Å². The van der Waals surface area contributed by atoms with Crippen LogP contribution >= 0.6 is 27.7 Å². The van der Waals surface area contributed by atoms with Crippen molar-refractivity contribution in [3.63, 3.8) is 0 Å². The third-order valence-corrected chi connectivity index (χ3v) is 6.58. The van der Waals surface area contributed by atoms with Gasteiger partial charge in [0.15, 0.2) is 0 Å². The Morgan fingerprint density at radius 1 is 1.48 bits per heavy atom. The number of halogens is 2. The SMILES string of the molecule is CCS[C@@H]1CC[C@@]1(O)CN[C@@H]1CCc2c(F)cc(Br)cc21. The van der Waals surface area contributed by atoms with Crippen LogP contribution in [0.15, 0.2) is 16.6 Å². The highest BCUT2D eigenvalue weighted by Crippen LogP contribution is 2.42. The van der Waals surface area contributed by atoms with Crippen molar-refractivity contribution < 1.29 is 9.50 Å². The molecule has 0 radical (unpaired) electrons. The summed E-state index contributed by atoms with van der Waals surface area (Å²) in [6.45, 7) is 2.73. The van der Waals surface area contributed by atoms with Crippen LogP contribution in [0.3, 0.4) is 0 Å². The number of aliphatic hydroxyl groups is 1. The molecule has 2 aliphatic rings. The lowest BCUT2D eigenvalue weighted by Gasteiger charge is -2.45. The summed E-state index contributed by atoms with van der Waals surface area (Å²) in [5, 5.41) is 14.5. The third-order valence-electron chi connectivity index (χ3n) is 4.71. The van der Waals surface area contributed by atoms with Gasteiger partial charge in [-0.3, -0.25) is 0 Å². The van der Waals surface area contributed by atoms with Crippen molar-refractivity contribution in [2.75, 3.05) is 12.3 Å². The third kappa shape index (κ3) is 3.03. The van der Waals surface area contributed by atoms with Gasteiger partial charge < -0.3 is 10.4 Å². The first kappa shape index (κ1) is 15.8. The quantitative estimate of drug-likeness (QED) is 0.822. The van der Waals surface area contributed by atoms with Gasteiger partial charge in [0.05, 0.1) is 5.60 Å². The van der Waals surface area contributed by atoms with Gasteiger partial charge in [0.1, 0.15) is 5.82 Å². The van der Waals surface area contributed by atoms with Crippen LogP contribution in [0.25, 0.3) is 0 Å². The zero-order chi connectivity index (χ0) is 15.0. The molecule has 2 nitrogen and oxygen atoms in total. The topological polar surface area (TPSA) is 32.3 Å². The molecule has 1 fully saturated rings. The normalized spacial score (nSPS) is 31.0. The molecule has 116 valence electrons. The van der Waals surface area contributed by atoms with E-state index in [-0.39, 0.29) is 11.9 Å². The Kier molecular flexibility index (Phi) is 4.65. The molecule has 1 aromatic carbocycles. The lowest BCUT2D eigenvalue weighted by Crippen LogP contribution is -2.56. The Labute approximate surface area is 138 Å². The van der Waals surface area contributed by atoms with Gasteiger partial charge in [-0.15, -0.1) is 0 Å². The van der Waals surface area contributed by atoms with E-state index >= 15 is 0 Å². The lowest BCUT2D eigenvalue weighted by molar-refractivity contribution is -0.0253. The summed E-state index contributed by atoms with van der Waals surface area (Å²) < 4.78 is 14.7. The molecule has 0 aromatic heterocycles. The molecule has 0 heterocycles. The second-order valence-electron chi connectivity index (χ2n) is 6.01. The summed E-state index contributed by atoms with van der Waals surface area (Å²) in [6, 6.07) is 3.70. The Morgan fingerprint density at radius 3 is 2.95 bits per heavy atom. The number of fused-ring (bicyclic) bond motifs is 1. The minimum Gasteiger partial charge on any atom is -0.387 e. The zero-order valence-corrected chi connectivity index (χ0v) is 14.6. The van der Waals surface area contributed by atoms with Crippen LogP contribution in [0.4, 0.5) is 4.39 Å². The van der Waals surface area contributed by atoms with Gasteiger partial charge in [0.25, 0.3) is 0 Å². The summed E-state index contributed by atoms with van der Waals surface area (Å²) >= 11 is 5.21. The Hall–Kier alpha value is -0.100. The summed E-state index contributed by atoms with van der Waals surface area (Å²) in [7, 11) is 0. The van der Waals surface area contributed by atoms with Crippen molar-refractivity contribution in [2.45, 2.75) is 49.5 Å². The maximum atomic E-state index is 13.9. The second kappa shape index (κ2) is 6.19. The fraction of sp³-hybridized carbons (Fsp3) is 0.625. The molecule has 2 N–H and O–H groups in total. The molecule has 0 unspecified atom stereocenters. The first-order chi connectivity index (χ1) is 10.0. The van der Waals surface area contributed by atoms with E-state index in [1.165, 1.54) is 6.07 Å². The van der Waals surface area contributed by atoms with Crippen LogP contribution in [0.1, 0.15) is 43.4 Å².